The van der Waals surface area contributed by atoms with E-state index in [1.54, 1.807) is 0 Å². The molecule has 0 aliphatic heterocycles. The van der Waals surface area contributed by atoms with E-state index in [-0.39, 0.29) is 5.91 Å². The molecule has 3 rings (SSSR count). The van der Waals surface area contributed by atoms with Crippen LogP contribution in [0.1, 0.15) is 46.9 Å². The number of nitrogens with zero attached hydrogens (tertiary/aromatic N) is 2. The highest BCUT2D eigenvalue weighted by Gasteiger charge is 2.07. The number of hydrogen-bond acceptors (Lipinski definition) is 2. The topological polar surface area (TPSA) is 46.9 Å². The summed E-state index contributed by atoms with van der Waals surface area (Å²) in [6.07, 6.45) is 1.94. The molecule has 3 aromatic rings. The molecule has 1 heterocycles. The van der Waals surface area contributed by atoms with Crippen molar-refractivity contribution in [1.82, 2.24) is 15.1 Å². The molecule has 2 aromatic carbocycles. The Kier molecular flexibility index (Phi) is 4.98. The SMILES string of the molecule is Cc1ccn(-c2ccc(CNC(=O)c3ccc(C(C)C)cc3)cc2)n1. The van der Waals surface area contributed by atoms with Gasteiger partial charge in [-0.15, -0.1) is 0 Å². The minimum Gasteiger partial charge on any atom is -0.348 e. The van der Waals surface area contributed by atoms with Crippen LogP contribution in [0.2, 0.25) is 0 Å². The summed E-state index contributed by atoms with van der Waals surface area (Å²) in [5.41, 5.74) is 4.97. The van der Waals surface area contributed by atoms with Gasteiger partial charge in [-0.2, -0.15) is 5.10 Å². The van der Waals surface area contributed by atoms with Crippen LogP contribution in [-0.2, 0) is 6.54 Å². The van der Waals surface area contributed by atoms with Gasteiger partial charge in [-0.25, -0.2) is 4.68 Å². The third-order valence-corrected chi connectivity index (χ3v) is 4.22. The van der Waals surface area contributed by atoms with Crippen molar-refractivity contribution in [1.29, 1.82) is 0 Å². The molecular weight excluding hydrogens is 310 g/mol. The van der Waals surface area contributed by atoms with Gasteiger partial charge in [0.2, 0.25) is 0 Å². The molecule has 1 amide bonds. The summed E-state index contributed by atoms with van der Waals surface area (Å²) in [6, 6.07) is 17.8. The van der Waals surface area contributed by atoms with Crippen molar-refractivity contribution in [2.24, 2.45) is 0 Å². The van der Waals surface area contributed by atoms with Gasteiger partial charge in [0.1, 0.15) is 0 Å². The van der Waals surface area contributed by atoms with Crippen molar-refractivity contribution in [2.75, 3.05) is 0 Å². The van der Waals surface area contributed by atoms with E-state index in [2.05, 4.69) is 24.3 Å². The van der Waals surface area contributed by atoms with Crippen molar-refractivity contribution in [3.8, 4) is 5.69 Å². The summed E-state index contributed by atoms with van der Waals surface area (Å²) >= 11 is 0. The van der Waals surface area contributed by atoms with E-state index in [4.69, 9.17) is 0 Å². The van der Waals surface area contributed by atoms with Crippen LogP contribution in [-0.4, -0.2) is 15.7 Å². The smallest absolute Gasteiger partial charge is 0.251 e. The Balaban J connectivity index is 1.60. The maximum atomic E-state index is 12.3. The van der Waals surface area contributed by atoms with Gasteiger partial charge in [0.25, 0.3) is 5.91 Å². The van der Waals surface area contributed by atoms with Crippen LogP contribution in [0.5, 0.6) is 0 Å². The second-order valence-electron chi connectivity index (χ2n) is 6.53. The number of nitrogens with one attached hydrogen (secondary N) is 1. The Hall–Kier alpha value is -2.88. The maximum Gasteiger partial charge on any atom is 0.251 e. The van der Waals surface area contributed by atoms with Crippen LogP contribution < -0.4 is 5.32 Å². The summed E-state index contributed by atoms with van der Waals surface area (Å²) < 4.78 is 1.84. The number of carbonyl (C=O) groups is 1. The fraction of sp³-hybridized carbons (Fsp3) is 0.238. The predicted molar refractivity (Wildman–Crippen MR) is 100 cm³/mol. The lowest BCUT2D eigenvalue weighted by Crippen LogP contribution is -2.22. The number of benzene rings is 2. The lowest BCUT2D eigenvalue weighted by molar-refractivity contribution is 0.0951. The normalized spacial score (nSPS) is 10.9. The first kappa shape index (κ1) is 17.0. The van der Waals surface area contributed by atoms with Crippen LogP contribution in [0.4, 0.5) is 0 Å². The van der Waals surface area contributed by atoms with E-state index >= 15 is 0 Å². The molecule has 0 saturated carbocycles. The first-order chi connectivity index (χ1) is 12.0. The molecule has 0 bridgehead atoms. The minimum absolute atomic E-state index is 0.0536. The third-order valence-electron chi connectivity index (χ3n) is 4.22. The van der Waals surface area contributed by atoms with Gasteiger partial charge < -0.3 is 5.32 Å². The van der Waals surface area contributed by atoms with E-state index in [0.29, 0.717) is 18.0 Å². The van der Waals surface area contributed by atoms with Gasteiger partial charge in [-0.1, -0.05) is 38.1 Å². The van der Waals surface area contributed by atoms with Crippen molar-refractivity contribution < 1.29 is 4.79 Å². The summed E-state index contributed by atoms with van der Waals surface area (Å²) in [5.74, 6) is 0.413. The molecule has 1 N–H and O–H groups in total. The molecule has 0 unspecified atom stereocenters. The average molecular weight is 333 g/mol. The van der Waals surface area contributed by atoms with Crippen molar-refractivity contribution in [3.63, 3.8) is 0 Å². The Labute approximate surface area is 148 Å². The molecule has 1 aromatic heterocycles. The molecule has 4 nitrogen and oxygen atoms in total. The molecule has 0 saturated heterocycles. The number of aryl methyl sites for hydroxylation is 1. The number of hydrogen-bond donors (Lipinski definition) is 1. The van der Waals surface area contributed by atoms with Crippen LogP contribution in [0.15, 0.2) is 60.8 Å². The molecule has 0 fully saturated rings. The second-order valence-corrected chi connectivity index (χ2v) is 6.53. The Bertz CT molecular complexity index is 846. The number of carbonyl (C=O) groups excluding carboxylic acids is 1. The van der Waals surface area contributed by atoms with Crippen LogP contribution >= 0.6 is 0 Å². The molecule has 25 heavy (non-hydrogen) atoms. The van der Waals surface area contributed by atoms with Crippen molar-refractivity contribution in [2.45, 2.75) is 33.2 Å². The fourth-order valence-corrected chi connectivity index (χ4v) is 2.63. The summed E-state index contributed by atoms with van der Waals surface area (Å²) in [7, 11) is 0. The Morgan fingerprint density at radius 2 is 1.72 bits per heavy atom. The van der Waals surface area contributed by atoms with Crippen LogP contribution in [0.3, 0.4) is 0 Å². The highest BCUT2D eigenvalue weighted by Crippen LogP contribution is 2.15. The molecule has 0 spiro atoms. The van der Waals surface area contributed by atoms with Gasteiger partial charge in [0, 0.05) is 18.3 Å². The summed E-state index contributed by atoms with van der Waals surface area (Å²) in [6.45, 7) is 6.75. The van der Waals surface area contributed by atoms with E-state index in [0.717, 1.165) is 16.9 Å². The van der Waals surface area contributed by atoms with Gasteiger partial charge >= 0.3 is 0 Å². The number of aromatic nitrogens is 2. The zero-order valence-electron chi connectivity index (χ0n) is 14.9. The lowest BCUT2D eigenvalue weighted by atomic mass is 10.0. The second kappa shape index (κ2) is 7.34. The van der Waals surface area contributed by atoms with E-state index in [1.807, 2.05) is 72.4 Å². The zero-order valence-corrected chi connectivity index (χ0v) is 14.9. The van der Waals surface area contributed by atoms with Crippen molar-refractivity contribution >= 4 is 5.91 Å². The molecule has 4 heteroatoms. The predicted octanol–water partition coefficient (Wildman–Crippen LogP) is 4.23. The third kappa shape index (κ3) is 4.15. The van der Waals surface area contributed by atoms with Crippen molar-refractivity contribution in [3.05, 3.63) is 83.2 Å². The Morgan fingerprint density at radius 1 is 1.04 bits per heavy atom. The van der Waals surface area contributed by atoms with E-state index in [9.17, 15) is 4.79 Å². The standard InChI is InChI=1S/C21H23N3O/c1-15(2)18-6-8-19(9-7-18)21(25)22-14-17-4-10-20(11-5-17)24-13-12-16(3)23-24/h4-13,15H,14H2,1-3H3,(H,22,25). The maximum absolute atomic E-state index is 12.3. The monoisotopic (exact) mass is 333 g/mol. The van der Waals surface area contributed by atoms with E-state index < -0.39 is 0 Å². The largest absolute Gasteiger partial charge is 0.348 e. The van der Waals surface area contributed by atoms with Gasteiger partial charge in [0.05, 0.1) is 11.4 Å². The Morgan fingerprint density at radius 3 is 2.28 bits per heavy atom. The molecule has 128 valence electrons. The number of rotatable bonds is 5. The lowest BCUT2D eigenvalue weighted by Gasteiger charge is -2.09. The van der Waals surface area contributed by atoms with Gasteiger partial charge in [0.15, 0.2) is 0 Å². The molecule has 0 atom stereocenters. The quantitative estimate of drug-likeness (QED) is 0.759. The van der Waals surface area contributed by atoms with Gasteiger partial charge in [-0.05, 0) is 54.3 Å². The first-order valence-electron chi connectivity index (χ1n) is 8.52. The fourth-order valence-electron chi connectivity index (χ4n) is 2.63. The molecule has 0 aliphatic carbocycles. The first-order valence-corrected chi connectivity index (χ1v) is 8.52. The number of amides is 1. The zero-order chi connectivity index (χ0) is 17.8. The highest BCUT2D eigenvalue weighted by molar-refractivity contribution is 5.94. The molecule has 0 aliphatic rings. The van der Waals surface area contributed by atoms with Crippen LogP contribution in [0.25, 0.3) is 5.69 Å². The van der Waals surface area contributed by atoms with Crippen LogP contribution in [0, 0.1) is 6.92 Å². The minimum atomic E-state index is -0.0536. The van der Waals surface area contributed by atoms with E-state index in [1.165, 1.54) is 5.56 Å². The average Bonchev–Trinajstić information content (AvgIpc) is 3.06. The highest BCUT2D eigenvalue weighted by atomic mass is 16.1. The summed E-state index contributed by atoms with van der Waals surface area (Å²) in [4.78, 5) is 12.3. The van der Waals surface area contributed by atoms with Gasteiger partial charge in [-0.3, -0.25) is 4.79 Å². The summed E-state index contributed by atoms with van der Waals surface area (Å²) in [5, 5.41) is 7.36. The molecule has 0 radical (unpaired) electrons. The molecular formula is C21H23N3O.